The zero-order chi connectivity index (χ0) is 16.0. The van der Waals surface area contributed by atoms with Gasteiger partial charge in [-0.05, 0) is 0 Å². The number of hydrogen-bond donors (Lipinski definition) is 2. The minimum absolute atomic E-state index is 0.503. The van der Waals surface area contributed by atoms with Crippen LogP contribution in [0.4, 0.5) is 27.6 Å². The molecule has 6 nitrogen and oxygen atoms in total. The molecule has 1 amide bonds. The zero-order valence-corrected chi connectivity index (χ0v) is 9.62. The minimum atomic E-state index is -5.28. The third-order valence-corrected chi connectivity index (χ3v) is 2.28. The Hall–Kier alpha value is -2.59. The van der Waals surface area contributed by atoms with Crippen LogP contribution < -0.4 is 14.8 Å². The van der Waals surface area contributed by atoms with Gasteiger partial charge in [0.2, 0.25) is 0 Å². The number of carboxylic acids is 1. The SMILES string of the molecule is O=C(O)c1cc2c(cc1NC(=O)C(F)(F)F)OC(F)(F)O2. The molecule has 1 heterocycles. The molecule has 0 bridgehead atoms. The Morgan fingerprint density at radius 1 is 1.14 bits per heavy atom. The largest absolute Gasteiger partial charge is 0.586 e. The van der Waals surface area contributed by atoms with Crippen molar-refractivity contribution in [2.24, 2.45) is 0 Å². The summed E-state index contributed by atoms with van der Waals surface area (Å²) in [5, 5.41) is 10.1. The van der Waals surface area contributed by atoms with Crippen molar-refractivity contribution in [1.82, 2.24) is 0 Å². The number of fused-ring (bicyclic) bond motifs is 1. The average molecular weight is 313 g/mol. The first-order valence-corrected chi connectivity index (χ1v) is 5.05. The van der Waals surface area contributed by atoms with E-state index in [0.29, 0.717) is 12.1 Å². The third-order valence-electron chi connectivity index (χ3n) is 2.28. The number of halogens is 5. The highest BCUT2D eigenvalue weighted by Gasteiger charge is 2.45. The van der Waals surface area contributed by atoms with Crippen LogP contribution in [0.25, 0.3) is 0 Å². The summed E-state index contributed by atoms with van der Waals surface area (Å²) >= 11 is 0. The Kier molecular flexibility index (Phi) is 3.15. The molecule has 114 valence electrons. The molecule has 11 heteroatoms. The molecule has 0 spiro atoms. The van der Waals surface area contributed by atoms with Crippen LogP contribution in [0.5, 0.6) is 11.5 Å². The summed E-state index contributed by atoms with van der Waals surface area (Å²) < 4.78 is 69.9. The van der Waals surface area contributed by atoms with E-state index in [1.54, 1.807) is 0 Å². The predicted octanol–water partition coefficient (Wildman–Crippen LogP) is 2.21. The highest BCUT2D eigenvalue weighted by Crippen LogP contribution is 2.44. The lowest BCUT2D eigenvalue weighted by Gasteiger charge is -2.11. The van der Waals surface area contributed by atoms with Crippen LogP contribution in [-0.4, -0.2) is 29.5 Å². The van der Waals surface area contributed by atoms with Crippen molar-refractivity contribution in [3.05, 3.63) is 17.7 Å². The monoisotopic (exact) mass is 313 g/mol. The molecule has 0 atom stereocenters. The fraction of sp³-hybridized carbons (Fsp3) is 0.200. The van der Waals surface area contributed by atoms with E-state index in [2.05, 4.69) is 9.47 Å². The van der Waals surface area contributed by atoms with Gasteiger partial charge in [0.05, 0.1) is 11.3 Å². The fourth-order valence-corrected chi connectivity index (χ4v) is 1.47. The van der Waals surface area contributed by atoms with Crippen LogP contribution in [0.3, 0.4) is 0 Å². The Morgan fingerprint density at radius 2 is 1.67 bits per heavy atom. The average Bonchev–Trinajstić information content (AvgIpc) is 2.59. The van der Waals surface area contributed by atoms with Crippen molar-refractivity contribution in [2.75, 3.05) is 5.32 Å². The van der Waals surface area contributed by atoms with E-state index in [4.69, 9.17) is 5.11 Å². The van der Waals surface area contributed by atoms with Crippen molar-refractivity contribution < 1.29 is 46.1 Å². The molecule has 0 saturated heterocycles. The molecule has 0 unspecified atom stereocenters. The standard InChI is InChI=1S/C10H4F5NO5/c11-9(12,13)8(19)16-4-2-6-5(1-3(4)7(17)18)20-10(14,15)21-6/h1-2H,(H,16,19)(H,17,18). The minimum Gasteiger partial charge on any atom is -0.478 e. The number of aromatic carboxylic acids is 1. The molecule has 0 saturated carbocycles. The quantitative estimate of drug-likeness (QED) is 0.818. The number of nitrogens with one attached hydrogen (secondary N) is 1. The Bertz CT molecular complexity index is 627. The smallest absolute Gasteiger partial charge is 0.478 e. The summed E-state index contributed by atoms with van der Waals surface area (Å²) in [5.74, 6) is -5.60. The van der Waals surface area contributed by atoms with Gasteiger partial charge in [0, 0.05) is 12.1 Å². The first-order valence-electron chi connectivity index (χ1n) is 5.05. The molecule has 21 heavy (non-hydrogen) atoms. The van der Waals surface area contributed by atoms with Gasteiger partial charge in [0.1, 0.15) is 0 Å². The molecule has 2 rings (SSSR count). The Labute approximate surface area is 112 Å². The second-order valence-corrected chi connectivity index (χ2v) is 3.77. The van der Waals surface area contributed by atoms with Crippen molar-refractivity contribution in [1.29, 1.82) is 0 Å². The maximum atomic E-state index is 12.8. The summed E-state index contributed by atoms with van der Waals surface area (Å²) in [5.41, 5.74) is -1.72. The fourth-order valence-electron chi connectivity index (χ4n) is 1.47. The Balaban J connectivity index is 2.42. The van der Waals surface area contributed by atoms with Gasteiger partial charge in [-0.25, -0.2) is 4.79 Å². The lowest BCUT2D eigenvalue weighted by Crippen LogP contribution is -2.30. The van der Waals surface area contributed by atoms with Crippen molar-refractivity contribution in [3.63, 3.8) is 0 Å². The summed E-state index contributed by atoms with van der Waals surface area (Å²) in [6.07, 6.45) is -9.36. The van der Waals surface area contributed by atoms with Crippen molar-refractivity contribution in [2.45, 2.75) is 12.5 Å². The number of amides is 1. The van der Waals surface area contributed by atoms with Crippen LogP contribution in [0.15, 0.2) is 12.1 Å². The number of carboxylic acid groups (broad SMARTS) is 1. The summed E-state index contributed by atoms with van der Waals surface area (Å²) in [4.78, 5) is 21.7. The van der Waals surface area contributed by atoms with Crippen molar-refractivity contribution in [3.8, 4) is 11.5 Å². The topological polar surface area (TPSA) is 84.9 Å². The normalized spacial score (nSPS) is 15.7. The molecular weight excluding hydrogens is 309 g/mol. The molecule has 0 radical (unpaired) electrons. The lowest BCUT2D eigenvalue weighted by molar-refractivity contribution is -0.286. The first-order chi connectivity index (χ1) is 9.49. The van der Waals surface area contributed by atoms with Crippen molar-refractivity contribution >= 4 is 17.6 Å². The maximum absolute atomic E-state index is 12.8. The number of benzene rings is 1. The molecule has 0 fully saturated rings. The number of anilines is 1. The number of carbonyl (C=O) groups is 2. The molecule has 0 aromatic heterocycles. The number of rotatable bonds is 2. The second kappa shape index (κ2) is 4.46. The number of carbonyl (C=O) groups excluding carboxylic acids is 1. The molecule has 1 aromatic rings. The predicted molar refractivity (Wildman–Crippen MR) is 54.3 cm³/mol. The summed E-state index contributed by atoms with van der Waals surface area (Å²) in [6, 6.07) is 1.02. The summed E-state index contributed by atoms with van der Waals surface area (Å²) in [6.45, 7) is 0. The van der Waals surface area contributed by atoms with Gasteiger partial charge >= 0.3 is 24.3 Å². The van der Waals surface area contributed by atoms with E-state index in [9.17, 15) is 31.5 Å². The zero-order valence-electron chi connectivity index (χ0n) is 9.62. The van der Waals surface area contributed by atoms with Crippen LogP contribution in [-0.2, 0) is 4.79 Å². The van der Waals surface area contributed by atoms with E-state index in [-0.39, 0.29) is 0 Å². The van der Waals surface area contributed by atoms with E-state index in [0.717, 1.165) is 0 Å². The van der Waals surface area contributed by atoms with Crippen LogP contribution >= 0.6 is 0 Å². The molecule has 1 aliphatic rings. The van der Waals surface area contributed by atoms with Crippen LogP contribution in [0.1, 0.15) is 10.4 Å². The lowest BCUT2D eigenvalue weighted by atomic mass is 10.1. The van der Waals surface area contributed by atoms with Gasteiger partial charge in [-0.15, -0.1) is 8.78 Å². The van der Waals surface area contributed by atoms with Gasteiger partial charge in [-0.3, -0.25) is 4.79 Å². The van der Waals surface area contributed by atoms with Gasteiger partial charge in [0.25, 0.3) is 0 Å². The van der Waals surface area contributed by atoms with E-state index >= 15 is 0 Å². The highest BCUT2D eigenvalue weighted by atomic mass is 19.4. The highest BCUT2D eigenvalue weighted by molar-refractivity contribution is 6.03. The van der Waals surface area contributed by atoms with Gasteiger partial charge < -0.3 is 19.9 Å². The van der Waals surface area contributed by atoms with Crippen LogP contribution in [0.2, 0.25) is 0 Å². The maximum Gasteiger partial charge on any atom is 0.586 e. The first kappa shape index (κ1) is 14.8. The van der Waals surface area contributed by atoms with E-state index in [1.807, 2.05) is 0 Å². The molecular formula is C10H4F5NO5. The van der Waals surface area contributed by atoms with E-state index < -0.39 is 47.1 Å². The number of hydrogen-bond acceptors (Lipinski definition) is 4. The molecule has 2 N–H and O–H groups in total. The Morgan fingerprint density at radius 3 is 2.14 bits per heavy atom. The third kappa shape index (κ3) is 2.95. The number of ether oxygens (including phenoxy) is 2. The second-order valence-electron chi connectivity index (χ2n) is 3.77. The molecule has 1 aromatic carbocycles. The molecule has 0 aliphatic carbocycles. The molecule has 1 aliphatic heterocycles. The number of alkyl halides is 5. The van der Waals surface area contributed by atoms with Crippen LogP contribution in [0, 0.1) is 0 Å². The van der Waals surface area contributed by atoms with E-state index in [1.165, 1.54) is 5.32 Å². The van der Waals surface area contributed by atoms with Gasteiger partial charge in [-0.2, -0.15) is 13.2 Å². The summed E-state index contributed by atoms with van der Waals surface area (Å²) in [7, 11) is 0. The van der Waals surface area contributed by atoms with Gasteiger partial charge in [0.15, 0.2) is 11.5 Å². The van der Waals surface area contributed by atoms with Gasteiger partial charge in [-0.1, -0.05) is 0 Å².